The molecule has 1 heterocycles. The molecule has 0 unspecified atom stereocenters. The van der Waals surface area contributed by atoms with E-state index in [0.29, 0.717) is 5.69 Å². The van der Waals surface area contributed by atoms with E-state index >= 15 is 0 Å². The van der Waals surface area contributed by atoms with Crippen molar-refractivity contribution in [2.75, 3.05) is 5.32 Å². The van der Waals surface area contributed by atoms with Crippen LogP contribution < -0.4 is 5.32 Å². The SMILES string of the molecule is Cc1nc(C(=O)Nc2ccc(C(=O)O)c(Cl)c2)no1. The van der Waals surface area contributed by atoms with E-state index in [-0.39, 0.29) is 22.3 Å². The molecule has 0 bridgehead atoms. The van der Waals surface area contributed by atoms with Crippen LogP contribution >= 0.6 is 11.6 Å². The molecule has 0 spiro atoms. The molecule has 7 nitrogen and oxygen atoms in total. The lowest BCUT2D eigenvalue weighted by atomic mass is 10.2. The number of aryl methyl sites for hydroxylation is 1. The van der Waals surface area contributed by atoms with Crippen LogP contribution in [0.5, 0.6) is 0 Å². The minimum Gasteiger partial charge on any atom is -0.478 e. The quantitative estimate of drug-likeness (QED) is 0.891. The lowest BCUT2D eigenvalue weighted by molar-refractivity contribution is 0.0697. The van der Waals surface area contributed by atoms with Gasteiger partial charge in [0.15, 0.2) is 0 Å². The predicted octanol–water partition coefficient (Wildman–Crippen LogP) is 1.98. The Hall–Kier alpha value is -2.41. The van der Waals surface area contributed by atoms with Crippen LogP contribution in [0.15, 0.2) is 22.7 Å². The van der Waals surface area contributed by atoms with Gasteiger partial charge in [-0.1, -0.05) is 16.8 Å². The average molecular weight is 282 g/mol. The number of halogens is 1. The van der Waals surface area contributed by atoms with Gasteiger partial charge in [0.2, 0.25) is 5.89 Å². The zero-order valence-electron chi connectivity index (χ0n) is 9.68. The van der Waals surface area contributed by atoms with Gasteiger partial charge in [0.1, 0.15) is 0 Å². The number of nitrogens with one attached hydrogen (secondary N) is 1. The van der Waals surface area contributed by atoms with Crippen LogP contribution in [0.1, 0.15) is 26.9 Å². The molecule has 19 heavy (non-hydrogen) atoms. The average Bonchev–Trinajstić information content (AvgIpc) is 2.75. The van der Waals surface area contributed by atoms with Gasteiger partial charge in [-0.05, 0) is 18.2 Å². The van der Waals surface area contributed by atoms with Crippen LogP contribution in [-0.4, -0.2) is 27.1 Å². The predicted molar refractivity (Wildman–Crippen MR) is 65.4 cm³/mol. The first-order valence-corrected chi connectivity index (χ1v) is 5.49. The van der Waals surface area contributed by atoms with Gasteiger partial charge in [0.25, 0.3) is 11.7 Å². The zero-order chi connectivity index (χ0) is 14.0. The highest BCUT2D eigenvalue weighted by atomic mass is 35.5. The fourth-order valence-corrected chi connectivity index (χ4v) is 1.61. The monoisotopic (exact) mass is 281 g/mol. The van der Waals surface area contributed by atoms with Gasteiger partial charge < -0.3 is 14.9 Å². The Balaban J connectivity index is 2.18. The maximum Gasteiger partial charge on any atom is 0.337 e. The number of carboxylic acids is 1. The normalized spacial score (nSPS) is 10.2. The molecule has 1 aromatic heterocycles. The number of carbonyl (C=O) groups excluding carboxylic acids is 1. The van der Waals surface area contributed by atoms with E-state index in [9.17, 15) is 9.59 Å². The number of anilines is 1. The van der Waals surface area contributed by atoms with E-state index < -0.39 is 11.9 Å². The largest absolute Gasteiger partial charge is 0.478 e. The first kappa shape index (κ1) is 13.0. The molecule has 2 rings (SSSR count). The van der Waals surface area contributed by atoms with E-state index in [1.807, 2.05) is 0 Å². The molecule has 1 amide bonds. The van der Waals surface area contributed by atoms with E-state index in [0.717, 1.165) is 0 Å². The third kappa shape index (κ3) is 2.89. The topological polar surface area (TPSA) is 105 Å². The Morgan fingerprint density at radius 2 is 2.16 bits per heavy atom. The van der Waals surface area contributed by atoms with Crippen molar-refractivity contribution >= 4 is 29.2 Å². The second-order valence-corrected chi connectivity index (χ2v) is 4.00. The Morgan fingerprint density at radius 3 is 2.68 bits per heavy atom. The first-order valence-electron chi connectivity index (χ1n) is 5.12. The van der Waals surface area contributed by atoms with Gasteiger partial charge in [-0.2, -0.15) is 4.98 Å². The molecule has 1 aromatic carbocycles. The molecule has 0 fully saturated rings. The summed E-state index contributed by atoms with van der Waals surface area (Å²) in [5.41, 5.74) is 0.289. The van der Waals surface area contributed by atoms with Gasteiger partial charge in [0.05, 0.1) is 10.6 Å². The van der Waals surface area contributed by atoms with E-state index in [1.54, 1.807) is 6.92 Å². The van der Waals surface area contributed by atoms with Gasteiger partial charge in [-0.25, -0.2) is 4.79 Å². The van der Waals surface area contributed by atoms with Crippen molar-refractivity contribution in [1.29, 1.82) is 0 Å². The second kappa shape index (κ2) is 5.07. The molecule has 98 valence electrons. The molecule has 2 aromatic rings. The number of aromatic carboxylic acids is 1. The lowest BCUT2D eigenvalue weighted by Gasteiger charge is -2.04. The van der Waals surface area contributed by atoms with Crippen molar-refractivity contribution in [3.8, 4) is 0 Å². The summed E-state index contributed by atoms with van der Waals surface area (Å²) in [6.07, 6.45) is 0. The summed E-state index contributed by atoms with van der Waals surface area (Å²) in [5, 5.41) is 14.8. The third-order valence-electron chi connectivity index (χ3n) is 2.19. The van der Waals surface area contributed by atoms with Crippen molar-refractivity contribution in [2.45, 2.75) is 6.92 Å². The van der Waals surface area contributed by atoms with Crippen LogP contribution in [0, 0.1) is 6.92 Å². The minimum atomic E-state index is -1.14. The number of hydrogen-bond donors (Lipinski definition) is 2. The number of rotatable bonds is 3. The van der Waals surface area contributed by atoms with Crippen molar-refractivity contribution < 1.29 is 19.2 Å². The Labute approximate surface area is 112 Å². The number of benzene rings is 1. The Morgan fingerprint density at radius 1 is 1.42 bits per heavy atom. The summed E-state index contributed by atoms with van der Waals surface area (Å²) < 4.78 is 4.67. The molecule has 0 saturated carbocycles. The molecular weight excluding hydrogens is 274 g/mol. The highest BCUT2D eigenvalue weighted by Gasteiger charge is 2.14. The molecule has 0 saturated heterocycles. The molecule has 8 heteroatoms. The standard InChI is InChI=1S/C11H8ClN3O4/c1-5-13-9(15-19-5)10(16)14-6-2-3-7(11(17)18)8(12)4-6/h2-4H,1H3,(H,14,16)(H,17,18). The summed E-state index contributed by atoms with van der Waals surface area (Å²) in [7, 11) is 0. The molecular formula is C11H8ClN3O4. The van der Waals surface area contributed by atoms with E-state index in [4.69, 9.17) is 16.7 Å². The molecule has 0 aliphatic carbocycles. The summed E-state index contributed by atoms with van der Waals surface area (Å²) in [4.78, 5) is 26.2. The number of carboxylic acid groups (broad SMARTS) is 1. The molecule has 2 N–H and O–H groups in total. The van der Waals surface area contributed by atoms with Crippen molar-refractivity contribution in [1.82, 2.24) is 10.1 Å². The van der Waals surface area contributed by atoms with E-state index in [2.05, 4.69) is 20.0 Å². The first-order chi connectivity index (χ1) is 8.97. The number of amides is 1. The number of carbonyl (C=O) groups is 2. The van der Waals surface area contributed by atoms with Gasteiger partial charge >= 0.3 is 5.97 Å². The summed E-state index contributed by atoms with van der Waals surface area (Å²) >= 11 is 5.78. The van der Waals surface area contributed by atoms with Gasteiger partial charge in [-0.3, -0.25) is 4.79 Å². The maximum absolute atomic E-state index is 11.7. The van der Waals surface area contributed by atoms with Gasteiger partial charge in [0, 0.05) is 12.6 Å². The highest BCUT2D eigenvalue weighted by molar-refractivity contribution is 6.33. The molecule has 0 radical (unpaired) electrons. The Bertz CT molecular complexity index is 653. The van der Waals surface area contributed by atoms with Crippen LogP contribution in [0.3, 0.4) is 0 Å². The molecule has 0 aliphatic rings. The fraction of sp³-hybridized carbons (Fsp3) is 0.0909. The number of aromatic nitrogens is 2. The molecule has 0 aliphatic heterocycles. The highest BCUT2D eigenvalue weighted by Crippen LogP contribution is 2.21. The maximum atomic E-state index is 11.7. The smallest absolute Gasteiger partial charge is 0.337 e. The third-order valence-corrected chi connectivity index (χ3v) is 2.50. The molecule has 0 atom stereocenters. The minimum absolute atomic E-state index is 0.0228. The van der Waals surface area contributed by atoms with Crippen LogP contribution in [0.25, 0.3) is 0 Å². The zero-order valence-corrected chi connectivity index (χ0v) is 10.4. The van der Waals surface area contributed by atoms with Crippen molar-refractivity contribution in [3.63, 3.8) is 0 Å². The number of hydrogen-bond acceptors (Lipinski definition) is 5. The van der Waals surface area contributed by atoms with Crippen molar-refractivity contribution in [3.05, 3.63) is 40.5 Å². The lowest BCUT2D eigenvalue weighted by Crippen LogP contribution is -2.14. The van der Waals surface area contributed by atoms with Crippen LogP contribution in [0.4, 0.5) is 5.69 Å². The van der Waals surface area contributed by atoms with Crippen LogP contribution in [-0.2, 0) is 0 Å². The van der Waals surface area contributed by atoms with Crippen LogP contribution in [0.2, 0.25) is 5.02 Å². The van der Waals surface area contributed by atoms with Crippen molar-refractivity contribution in [2.24, 2.45) is 0 Å². The number of nitrogens with zero attached hydrogens (tertiary/aromatic N) is 2. The fourth-order valence-electron chi connectivity index (χ4n) is 1.34. The van der Waals surface area contributed by atoms with Gasteiger partial charge in [-0.15, -0.1) is 0 Å². The second-order valence-electron chi connectivity index (χ2n) is 3.59. The Kier molecular flexibility index (Phi) is 3.48. The summed E-state index contributed by atoms with van der Waals surface area (Å²) in [5.74, 6) is -1.56. The summed E-state index contributed by atoms with van der Waals surface area (Å²) in [6, 6.07) is 4.04. The van der Waals surface area contributed by atoms with E-state index in [1.165, 1.54) is 18.2 Å². The summed E-state index contributed by atoms with van der Waals surface area (Å²) in [6.45, 7) is 1.56.